The van der Waals surface area contributed by atoms with Gasteiger partial charge in [-0.05, 0) is 130 Å². The molecule has 8 heteroatoms. The summed E-state index contributed by atoms with van der Waals surface area (Å²) in [6, 6.07) is 9.01. The van der Waals surface area contributed by atoms with Crippen LogP contribution in [0.1, 0.15) is 107 Å². The Morgan fingerprint density at radius 3 is 2.20 bits per heavy atom. The summed E-state index contributed by atoms with van der Waals surface area (Å²) in [6.07, 6.45) is -3.17. The monoisotopic (exact) mass is 673 g/mol. The van der Waals surface area contributed by atoms with Gasteiger partial charge in [-0.15, -0.1) is 0 Å². The average Bonchev–Trinajstić information content (AvgIpc) is 3.40. The number of amides is 1. The SMILES string of the molecule is [2H]c1c([2H])c(-c2c(-c3cccc(C)c3C)c(C(=O)Nc3ccc(C)c(C)c3)c(C(C)C(C)C)n2C(C)C[C@@H](O)C[C@@H](O)CC(=O)O)c(C)c([2H])c1F. The lowest BCUT2D eigenvalue weighted by Crippen LogP contribution is -2.25. The highest BCUT2D eigenvalue weighted by Gasteiger charge is 2.35. The van der Waals surface area contributed by atoms with Crippen LogP contribution in [0, 0.1) is 46.4 Å². The van der Waals surface area contributed by atoms with Crippen molar-refractivity contribution in [2.24, 2.45) is 5.92 Å². The van der Waals surface area contributed by atoms with Crippen LogP contribution in [-0.4, -0.2) is 44.0 Å². The number of aliphatic hydroxyl groups is 2. The Hall–Kier alpha value is -4.27. The van der Waals surface area contributed by atoms with Crippen LogP contribution in [0.25, 0.3) is 22.4 Å². The minimum Gasteiger partial charge on any atom is -0.481 e. The quantitative estimate of drug-likeness (QED) is 0.113. The summed E-state index contributed by atoms with van der Waals surface area (Å²) in [5.74, 6) is -3.04. The number of hydrogen-bond acceptors (Lipinski definition) is 4. The lowest BCUT2D eigenvalue weighted by Gasteiger charge is -2.28. The van der Waals surface area contributed by atoms with Crippen LogP contribution >= 0.6 is 0 Å². The van der Waals surface area contributed by atoms with Crippen molar-refractivity contribution in [1.29, 1.82) is 0 Å². The lowest BCUT2D eigenvalue weighted by molar-refractivity contribution is -0.139. The van der Waals surface area contributed by atoms with Gasteiger partial charge in [-0.1, -0.05) is 45.0 Å². The average molecular weight is 674 g/mol. The Morgan fingerprint density at radius 1 is 0.878 bits per heavy atom. The van der Waals surface area contributed by atoms with Gasteiger partial charge < -0.3 is 25.2 Å². The van der Waals surface area contributed by atoms with Crippen molar-refractivity contribution in [2.45, 2.75) is 106 Å². The second-order valence-corrected chi connectivity index (χ2v) is 13.8. The number of anilines is 1. The van der Waals surface area contributed by atoms with Crippen LogP contribution in [-0.2, 0) is 4.79 Å². The number of aliphatic hydroxyl groups excluding tert-OH is 2. The Labute approximate surface area is 294 Å². The first kappa shape index (κ1) is 33.2. The molecule has 4 N–H and O–H groups in total. The van der Waals surface area contributed by atoms with Gasteiger partial charge in [0.1, 0.15) is 5.82 Å². The van der Waals surface area contributed by atoms with E-state index in [1.807, 2.05) is 96.4 Å². The number of aryl methyl sites for hydroxylation is 3. The summed E-state index contributed by atoms with van der Waals surface area (Å²) in [4.78, 5) is 26.2. The maximum absolute atomic E-state index is 15.2. The Kier molecular flexibility index (Phi) is 10.5. The molecule has 0 fully saturated rings. The van der Waals surface area contributed by atoms with Crippen LogP contribution in [0.2, 0.25) is 0 Å². The third-order valence-electron chi connectivity index (χ3n) is 9.76. The summed E-state index contributed by atoms with van der Waals surface area (Å²) >= 11 is 0. The summed E-state index contributed by atoms with van der Waals surface area (Å²) in [5.41, 5.74) is 7.07. The van der Waals surface area contributed by atoms with Gasteiger partial charge in [-0.2, -0.15) is 0 Å². The zero-order valence-corrected chi connectivity index (χ0v) is 30.0. The van der Waals surface area contributed by atoms with Crippen molar-refractivity contribution in [3.8, 4) is 22.4 Å². The molecule has 0 saturated heterocycles. The normalized spacial score (nSPS) is 14.9. The molecule has 0 aliphatic heterocycles. The summed E-state index contributed by atoms with van der Waals surface area (Å²) in [5, 5.41) is 33.9. The first-order valence-corrected chi connectivity index (χ1v) is 16.9. The molecule has 49 heavy (non-hydrogen) atoms. The van der Waals surface area contributed by atoms with Crippen molar-refractivity contribution in [1.82, 2.24) is 4.57 Å². The number of aliphatic carboxylic acids is 1. The first-order chi connectivity index (χ1) is 24.3. The predicted molar refractivity (Wildman–Crippen MR) is 195 cm³/mol. The van der Waals surface area contributed by atoms with E-state index in [-0.39, 0.29) is 35.8 Å². The molecule has 1 aromatic heterocycles. The number of carboxylic acids is 1. The fraction of sp³-hybridized carbons (Fsp3) is 0.415. The van der Waals surface area contributed by atoms with Gasteiger partial charge in [0.15, 0.2) is 0 Å². The van der Waals surface area contributed by atoms with Crippen LogP contribution in [0.4, 0.5) is 10.1 Å². The number of carbonyl (C=O) groups excluding carboxylic acids is 1. The van der Waals surface area contributed by atoms with E-state index in [0.29, 0.717) is 33.8 Å². The summed E-state index contributed by atoms with van der Waals surface area (Å²) < 4.78 is 43.4. The first-order valence-electron chi connectivity index (χ1n) is 18.4. The molecule has 0 spiro atoms. The highest BCUT2D eigenvalue weighted by Crippen LogP contribution is 2.48. The molecule has 0 saturated carbocycles. The number of nitrogens with zero attached hydrogens (tertiary/aromatic N) is 1. The fourth-order valence-electron chi connectivity index (χ4n) is 6.50. The topological polar surface area (TPSA) is 112 Å². The van der Waals surface area contributed by atoms with E-state index >= 15 is 4.39 Å². The van der Waals surface area contributed by atoms with E-state index in [0.717, 1.165) is 22.3 Å². The number of hydrogen-bond donors (Lipinski definition) is 4. The predicted octanol–water partition coefficient (Wildman–Crippen LogP) is 9.05. The molecule has 1 amide bonds. The molecule has 4 aromatic rings. The Bertz CT molecular complexity index is 1980. The largest absolute Gasteiger partial charge is 0.481 e. The molecular weight excluding hydrogens is 619 g/mol. The molecule has 3 aromatic carbocycles. The number of aromatic nitrogens is 1. The summed E-state index contributed by atoms with van der Waals surface area (Å²) in [7, 11) is 0. The maximum atomic E-state index is 15.2. The van der Waals surface area contributed by atoms with E-state index in [2.05, 4.69) is 5.32 Å². The minimum absolute atomic E-state index is 0.0149. The third kappa shape index (κ3) is 8.31. The molecule has 262 valence electrons. The molecule has 0 radical (unpaired) electrons. The number of carboxylic acid groups (broad SMARTS) is 1. The molecule has 7 nitrogen and oxygen atoms in total. The fourth-order valence-corrected chi connectivity index (χ4v) is 6.50. The smallest absolute Gasteiger partial charge is 0.305 e. The Morgan fingerprint density at radius 2 is 1.57 bits per heavy atom. The van der Waals surface area contributed by atoms with Crippen LogP contribution < -0.4 is 5.32 Å². The number of benzene rings is 3. The van der Waals surface area contributed by atoms with Crippen molar-refractivity contribution in [3.05, 3.63) is 99.4 Å². The van der Waals surface area contributed by atoms with Gasteiger partial charge in [-0.3, -0.25) is 9.59 Å². The molecule has 4 atom stereocenters. The zero-order valence-electron chi connectivity index (χ0n) is 33.0. The Balaban J connectivity index is 2.21. The number of nitrogens with one attached hydrogen (secondary N) is 1. The number of halogens is 1. The molecule has 0 aliphatic carbocycles. The number of carbonyl (C=O) groups is 2. The zero-order chi connectivity index (χ0) is 38.9. The van der Waals surface area contributed by atoms with E-state index in [4.69, 9.17) is 4.11 Å². The number of rotatable bonds is 13. The second kappa shape index (κ2) is 15.5. The second-order valence-electron chi connectivity index (χ2n) is 13.8. The van der Waals surface area contributed by atoms with Crippen LogP contribution in [0.3, 0.4) is 0 Å². The van der Waals surface area contributed by atoms with Gasteiger partial charge in [0.05, 0.1) is 34.0 Å². The molecule has 2 unspecified atom stereocenters. The summed E-state index contributed by atoms with van der Waals surface area (Å²) in [6.45, 7) is 17.2. The van der Waals surface area contributed by atoms with Crippen LogP contribution in [0.15, 0.2) is 54.5 Å². The van der Waals surface area contributed by atoms with Crippen molar-refractivity contribution in [3.63, 3.8) is 0 Å². The van der Waals surface area contributed by atoms with Gasteiger partial charge in [0, 0.05) is 28.6 Å². The highest BCUT2D eigenvalue weighted by molar-refractivity contribution is 6.13. The van der Waals surface area contributed by atoms with E-state index in [1.165, 1.54) is 6.92 Å². The van der Waals surface area contributed by atoms with E-state index in [1.54, 1.807) is 0 Å². The molecule has 0 bridgehead atoms. The molecule has 0 aliphatic rings. The molecule has 4 rings (SSSR count). The maximum Gasteiger partial charge on any atom is 0.305 e. The highest BCUT2D eigenvalue weighted by atomic mass is 19.1. The minimum atomic E-state index is -1.29. The lowest BCUT2D eigenvalue weighted by atomic mass is 9.87. The van der Waals surface area contributed by atoms with Crippen molar-refractivity contribution in [2.75, 3.05) is 5.32 Å². The molecular formula is C41H51FN2O5. The van der Waals surface area contributed by atoms with Crippen LogP contribution in [0.5, 0.6) is 0 Å². The van der Waals surface area contributed by atoms with Crippen molar-refractivity contribution >= 4 is 17.6 Å². The van der Waals surface area contributed by atoms with Gasteiger partial charge in [0.25, 0.3) is 5.91 Å². The van der Waals surface area contributed by atoms with E-state index in [9.17, 15) is 24.9 Å². The third-order valence-corrected chi connectivity index (χ3v) is 9.76. The molecule has 1 heterocycles. The van der Waals surface area contributed by atoms with Gasteiger partial charge in [0.2, 0.25) is 0 Å². The van der Waals surface area contributed by atoms with Gasteiger partial charge >= 0.3 is 5.97 Å². The van der Waals surface area contributed by atoms with Crippen molar-refractivity contribution < 1.29 is 33.4 Å². The standard InChI is InChI=1S/C41H51FN2O5/c1-22(2)28(8)39-38(41(49)43-31-15-13-23(3)25(5)18-31)37(35-12-10-11-24(4)29(35)9)40(34-16-14-30(42)17-26(34)6)44(39)27(7)19-32(45)20-33(46)21-36(47)48/h10-18,22,27-28,32-33,45-46H,19-21H2,1-9H3,(H,43,49)(H,47,48)/t27?,28?,32-,33-/m1/s1/i14D,16D,17D. The van der Waals surface area contributed by atoms with Gasteiger partial charge in [-0.25, -0.2) is 4.39 Å². The van der Waals surface area contributed by atoms with E-state index < -0.39 is 60.5 Å².